The van der Waals surface area contributed by atoms with Gasteiger partial charge in [0.2, 0.25) is 11.8 Å². The van der Waals surface area contributed by atoms with Crippen LogP contribution in [0.3, 0.4) is 0 Å². The second kappa shape index (κ2) is 9.57. The van der Waals surface area contributed by atoms with Gasteiger partial charge in [0, 0.05) is 37.2 Å². The van der Waals surface area contributed by atoms with Crippen LogP contribution in [0, 0.1) is 0 Å². The molecule has 2 rings (SSSR count). The van der Waals surface area contributed by atoms with E-state index < -0.39 is 0 Å². The molecular weight excluding hydrogens is 316 g/mol. The molecule has 2 aromatic rings. The van der Waals surface area contributed by atoms with Crippen molar-refractivity contribution in [3.05, 3.63) is 59.3 Å². The average Bonchev–Trinajstić information content (AvgIpc) is 2.65. The summed E-state index contributed by atoms with van der Waals surface area (Å²) >= 11 is 0. The van der Waals surface area contributed by atoms with Crippen molar-refractivity contribution in [2.24, 2.45) is 0 Å². The van der Waals surface area contributed by atoms with Crippen LogP contribution in [0.15, 0.2) is 42.6 Å². The summed E-state index contributed by atoms with van der Waals surface area (Å²) in [6, 6.07) is 11.2. The molecule has 0 radical (unpaired) electrons. The second-order valence-corrected chi connectivity index (χ2v) is 5.86. The van der Waals surface area contributed by atoms with Crippen molar-refractivity contribution in [3.8, 4) is 5.88 Å². The van der Waals surface area contributed by atoms with Crippen molar-refractivity contribution in [1.82, 2.24) is 10.3 Å². The number of hydrogen-bond donors (Lipinski definition) is 1. The fraction of sp³-hybridized carbons (Fsp3) is 0.350. The van der Waals surface area contributed by atoms with E-state index in [4.69, 9.17) is 4.74 Å². The Morgan fingerprint density at radius 1 is 1.04 bits per heavy atom. The zero-order valence-corrected chi connectivity index (χ0v) is 14.7. The van der Waals surface area contributed by atoms with Crippen LogP contribution in [0.1, 0.15) is 47.7 Å². The predicted molar refractivity (Wildman–Crippen MR) is 96.6 cm³/mol. The van der Waals surface area contributed by atoms with Gasteiger partial charge in [-0.1, -0.05) is 43.7 Å². The molecule has 0 aliphatic rings. The van der Waals surface area contributed by atoms with Gasteiger partial charge in [-0.05, 0) is 17.5 Å². The number of carbonyl (C=O) groups is 2. The molecule has 0 fully saturated rings. The molecular formula is C20H24N2O3. The van der Waals surface area contributed by atoms with Crippen LogP contribution in [0.5, 0.6) is 5.88 Å². The molecule has 25 heavy (non-hydrogen) atoms. The van der Waals surface area contributed by atoms with Gasteiger partial charge in [0.05, 0.1) is 7.11 Å². The Balaban J connectivity index is 1.75. The number of aromatic nitrogens is 1. The van der Waals surface area contributed by atoms with E-state index in [-0.39, 0.29) is 24.5 Å². The van der Waals surface area contributed by atoms with Crippen LogP contribution >= 0.6 is 0 Å². The van der Waals surface area contributed by atoms with E-state index in [0.29, 0.717) is 18.0 Å². The number of nitrogens with one attached hydrogen (secondary N) is 1. The third-order valence-corrected chi connectivity index (χ3v) is 3.89. The highest BCUT2D eigenvalue weighted by Crippen LogP contribution is 2.10. The third-order valence-electron chi connectivity index (χ3n) is 3.89. The van der Waals surface area contributed by atoms with Crippen LogP contribution in [0.4, 0.5) is 0 Å². The van der Waals surface area contributed by atoms with E-state index in [1.54, 1.807) is 19.4 Å². The van der Waals surface area contributed by atoms with Crippen LogP contribution in [0.2, 0.25) is 0 Å². The Kier molecular flexibility index (Phi) is 7.14. The lowest BCUT2D eigenvalue weighted by molar-refractivity contribution is -0.121. The molecule has 1 aromatic heterocycles. The van der Waals surface area contributed by atoms with E-state index in [9.17, 15) is 9.59 Å². The highest BCUT2D eigenvalue weighted by Gasteiger charge is 2.09. The van der Waals surface area contributed by atoms with Crippen molar-refractivity contribution >= 4 is 11.7 Å². The molecule has 0 saturated heterocycles. The Labute approximate surface area is 148 Å². The van der Waals surface area contributed by atoms with Gasteiger partial charge in [-0.2, -0.15) is 0 Å². The first-order valence-electron chi connectivity index (χ1n) is 8.50. The van der Waals surface area contributed by atoms with Crippen LogP contribution in [-0.4, -0.2) is 23.8 Å². The van der Waals surface area contributed by atoms with E-state index >= 15 is 0 Å². The minimum absolute atomic E-state index is 0.00990. The van der Waals surface area contributed by atoms with Crippen molar-refractivity contribution in [1.29, 1.82) is 0 Å². The standard InChI is InChI=1S/C20H24N2O3/c1-3-4-15-5-8-17(9-6-15)18(23)10-11-19(24)21-13-16-7-12-20(25-2)22-14-16/h5-9,12,14H,3-4,10-11,13H2,1-2H3,(H,21,24). The molecule has 5 nitrogen and oxygen atoms in total. The number of aryl methyl sites for hydroxylation is 1. The van der Waals surface area contributed by atoms with E-state index in [1.165, 1.54) is 5.56 Å². The summed E-state index contributed by atoms with van der Waals surface area (Å²) in [4.78, 5) is 28.1. The largest absolute Gasteiger partial charge is 0.481 e. The first kappa shape index (κ1) is 18.6. The first-order valence-corrected chi connectivity index (χ1v) is 8.50. The topological polar surface area (TPSA) is 68.3 Å². The Bertz CT molecular complexity index is 694. The Morgan fingerprint density at radius 3 is 2.36 bits per heavy atom. The molecule has 5 heteroatoms. The van der Waals surface area contributed by atoms with Gasteiger partial charge >= 0.3 is 0 Å². The number of ether oxygens (including phenoxy) is 1. The predicted octanol–water partition coefficient (Wildman–Crippen LogP) is 3.32. The number of rotatable bonds is 9. The molecule has 1 N–H and O–H groups in total. The van der Waals surface area contributed by atoms with Crippen molar-refractivity contribution in [3.63, 3.8) is 0 Å². The molecule has 0 atom stereocenters. The lowest BCUT2D eigenvalue weighted by Crippen LogP contribution is -2.23. The van der Waals surface area contributed by atoms with Gasteiger partial charge in [-0.15, -0.1) is 0 Å². The van der Waals surface area contributed by atoms with Crippen molar-refractivity contribution in [2.75, 3.05) is 7.11 Å². The zero-order valence-electron chi connectivity index (χ0n) is 14.7. The number of benzene rings is 1. The number of carbonyl (C=O) groups excluding carboxylic acids is 2. The highest BCUT2D eigenvalue weighted by molar-refractivity contribution is 5.97. The molecule has 1 heterocycles. The van der Waals surface area contributed by atoms with Crippen LogP contribution in [0.25, 0.3) is 0 Å². The molecule has 132 valence electrons. The summed E-state index contributed by atoms with van der Waals surface area (Å²) in [7, 11) is 1.55. The summed E-state index contributed by atoms with van der Waals surface area (Å²) in [5.41, 5.74) is 2.77. The molecule has 0 aliphatic heterocycles. The fourth-order valence-corrected chi connectivity index (χ4v) is 2.44. The Hall–Kier alpha value is -2.69. The fourth-order valence-electron chi connectivity index (χ4n) is 2.44. The lowest BCUT2D eigenvalue weighted by Gasteiger charge is -2.06. The lowest BCUT2D eigenvalue weighted by atomic mass is 10.0. The minimum atomic E-state index is -0.147. The first-order chi connectivity index (χ1) is 12.1. The maximum absolute atomic E-state index is 12.2. The third kappa shape index (κ3) is 6.03. The van der Waals surface area contributed by atoms with Gasteiger partial charge < -0.3 is 10.1 Å². The summed E-state index contributed by atoms with van der Waals surface area (Å²) in [5, 5.41) is 2.80. The van der Waals surface area contributed by atoms with Crippen molar-refractivity contribution in [2.45, 2.75) is 39.2 Å². The number of ketones is 1. The monoisotopic (exact) mass is 340 g/mol. The van der Waals surface area contributed by atoms with Gasteiger partial charge in [0.1, 0.15) is 0 Å². The summed E-state index contributed by atoms with van der Waals surface area (Å²) < 4.78 is 4.99. The quantitative estimate of drug-likeness (QED) is 0.711. The maximum atomic E-state index is 12.2. The van der Waals surface area contributed by atoms with E-state index in [0.717, 1.165) is 18.4 Å². The number of pyridine rings is 1. The summed E-state index contributed by atoms with van der Waals surface area (Å²) in [5.74, 6) is 0.377. The van der Waals surface area contributed by atoms with Gasteiger partial charge in [-0.3, -0.25) is 9.59 Å². The molecule has 0 spiro atoms. The highest BCUT2D eigenvalue weighted by atomic mass is 16.5. The van der Waals surface area contributed by atoms with Gasteiger partial charge in [0.25, 0.3) is 0 Å². The molecule has 0 unspecified atom stereocenters. The summed E-state index contributed by atoms with van der Waals surface area (Å²) in [6.07, 6.45) is 4.13. The smallest absolute Gasteiger partial charge is 0.220 e. The van der Waals surface area contributed by atoms with E-state index in [2.05, 4.69) is 17.2 Å². The van der Waals surface area contributed by atoms with E-state index in [1.807, 2.05) is 30.3 Å². The SMILES string of the molecule is CCCc1ccc(C(=O)CCC(=O)NCc2ccc(OC)nc2)cc1. The normalized spacial score (nSPS) is 10.3. The minimum Gasteiger partial charge on any atom is -0.481 e. The Morgan fingerprint density at radius 2 is 1.76 bits per heavy atom. The number of amides is 1. The molecule has 0 bridgehead atoms. The van der Waals surface area contributed by atoms with Crippen LogP contribution in [-0.2, 0) is 17.8 Å². The van der Waals surface area contributed by atoms with Crippen LogP contribution < -0.4 is 10.1 Å². The molecule has 0 aliphatic carbocycles. The average molecular weight is 340 g/mol. The second-order valence-electron chi connectivity index (χ2n) is 5.86. The number of nitrogens with zero attached hydrogens (tertiary/aromatic N) is 1. The molecule has 0 saturated carbocycles. The maximum Gasteiger partial charge on any atom is 0.220 e. The van der Waals surface area contributed by atoms with Gasteiger partial charge in [0.15, 0.2) is 5.78 Å². The number of Topliss-reactive ketones (excluding diaryl/α,β-unsaturated/α-hetero) is 1. The number of methoxy groups -OCH3 is 1. The van der Waals surface area contributed by atoms with Crippen molar-refractivity contribution < 1.29 is 14.3 Å². The number of hydrogen-bond acceptors (Lipinski definition) is 4. The molecule has 1 aromatic carbocycles. The van der Waals surface area contributed by atoms with Gasteiger partial charge in [-0.25, -0.2) is 4.98 Å². The molecule has 1 amide bonds. The zero-order chi connectivity index (χ0) is 18.1. The summed E-state index contributed by atoms with van der Waals surface area (Å²) in [6.45, 7) is 2.51.